The second kappa shape index (κ2) is 7.19. The molecule has 0 saturated carbocycles. The third-order valence-corrected chi connectivity index (χ3v) is 4.17. The molecular weight excluding hydrogens is 405 g/mol. The quantitative estimate of drug-likeness (QED) is 0.280. The van der Waals surface area contributed by atoms with Gasteiger partial charge in [0.1, 0.15) is 0 Å². The molecule has 3 N–H and O–H groups in total. The summed E-state index contributed by atoms with van der Waals surface area (Å²) in [7, 11) is 0. The highest BCUT2D eigenvalue weighted by Gasteiger charge is 2.10. The number of hydrogen-bond donors (Lipinski definition) is 2. The van der Waals surface area contributed by atoms with Gasteiger partial charge >= 0.3 is 0 Å². The van der Waals surface area contributed by atoms with Gasteiger partial charge in [-0.3, -0.25) is 5.41 Å². The number of nitrogens with zero attached hydrogens (tertiary/aromatic N) is 1. The van der Waals surface area contributed by atoms with Crippen molar-refractivity contribution >= 4 is 51.8 Å². The van der Waals surface area contributed by atoms with Crippen LogP contribution in [0.1, 0.15) is 11.1 Å². The van der Waals surface area contributed by atoms with Crippen molar-refractivity contribution in [3.8, 4) is 0 Å². The fourth-order valence-electron chi connectivity index (χ4n) is 2.55. The molecule has 0 unspecified atom stereocenters. The van der Waals surface area contributed by atoms with Gasteiger partial charge in [0.05, 0.1) is 0 Å². The second-order valence-electron chi connectivity index (χ2n) is 5.09. The summed E-state index contributed by atoms with van der Waals surface area (Å²) in [6.07, 6.45) is 2.08. The van der Waals surface area contributed by atoms with Gasteiger partial charge in [0, 0.05) is 28.5 Å². The largest absolute Gasteiger partial charge is 0.378 e. The maximum absolute atomic E-state index is 7.50. The zero-order valence-corrected chi connectivity index (χ0v) is 15.4. The highest BCUT2D eigenvalue weighted by Crippen LogP contribution is 2.30. The van der Waals surface area contributed by atoms with Crippen LogP contribution in [0.3, 0.4) is 0 Å². The first kappa shape index (κ1) is 16.9. The van der Waals surface area contributed by atoms with E-state index in [0.29, 0.717) is 0 Å². The zero-order chi connectivity index (χ0) is 14.8. The maximum Gasteiger partial charge on any atom is 0.156 e. The van der Waals surface area contributed by atoms with Crippen LogP contribution in [-0.4, -0.2) is 9.73 Å². The average Bonchev–Trinajstić information content (AvgIpc) is 2.77. The second-order valence-corrected chi connectivity index (χ2v) is 6.18. The first-order chi connectivity index (χ1) is 10.1. The Morgan fingerprint density at radius 2 is 1.95 bits per heavy atom. The van der Waals surface area contributed by atoms with E-state index in [9.17, 15) is 0 Å². The number of halogens is 1. The molecule has 22 heavy (non-hydrogen) atoms. The molecule has 0 fully saturated rings. The van der Waals surface area contributed by atoms with Crippen molar-refractivity contribution in [1.82, 2.24) is 4.57 Å². The Bertz CT molecular complexity index is 811. The van der Waals surface area contributed by atoms with Crippen LogP contribution < -0.4 is 5.73 Å². The van der Waals surface area contributed by atoms with Crippen LogP contribution in [0.25, 0.3) is 10.9 Å². The summed E-state index contributed by atoms with van der Waals surface area (Å²) in [6, 6.07) is 16.8. The Morgan fingerprint density at radius 3 is 2.68 bits per heavy atom. The number of amidine groups is 1. The van der Waals surface area contributed by atoms with Crippen LogP contribution in [0.2, 0.25) is 0 Å². The van der Waals surface area contributed by atoms with Gasteiger partial charge in [-0.05, 0) is 18.6 Å². The lowest BCUT2D eigenvalue weighted by atomic mass is 10.1. The topological polar surface area (TPSA) is 54.8 Å². The highest BCUT2D eigenvalue weighted by molar-refractivity contribution is 14.0. The summed E-state index contributed by atoms with van der Waals surface area (Å²) in [5, 5.41) is 8.76. The number of hydrogen-bond acceptors (Lipinski definition) is 2. The molecule has 0 amide bonds. The van der Waals surface area contributed by atoms with E-state index in [0.717, 1.165) is 16.8 Å². The normalized spacial score (nSPS) is 10.4. The molecule has 0 aliphatic carbocycles. The van der Waals surface area contributed by atoms with E-state index >= 15 is 0 Å². The number of thioether (sulfide) groups is 1. The fraction of sp³-hybridized carbons (Fsp3) is 0.118. The monoisotopic (exact) mass is 423 g/mol. The van der Waals surface area contributed by atoms with Gasteiger partial charge in [0.25, 0.3) is 0 Å². The van der Waals surface area contributed by atoms with Gasteiger partial charge < -0.3 is 10.3 Å². The SMILES string of the molecule is Cc1cccc(Cn2cc(SC(=N)N)c3ccccc32)c1.I. The summed E-state index contributed by atoms with van der Waals surface area (Å²) >= 11 is 1.30. The van der Waals surface area contributed by atoms with Crippen LogP contribution in [0.15, 0.2) is 59.6 Å². The first-order valence-electron chi connectivity index (χ1n) is 6.79. The van der Waals surface area contributed by atoms with E-state index in [4.69, 9.17) is 11.1 Å². The summed E-state index contributed by atoms with van der Waals surface area (Å²) in [4.78, 5) is 1.03. The predicted octanol–water partition coefficient (Wildman–Crippen LogP) is 4.60. The minimum atomic E-state index is 0. The lowest BCUT2D eigenvalue weighted by Gasteiger charge is -2.06. The Balaban J connectivity index is 0.00000176. The molecule has 2 aromatic carbocycles. The van der Waals surface area contributed by atoms with Gasteiger partial charge in [-0.2, -0.15) is 0 Å². The Hall–Kier alpha value is -1.47. The summed E-state index contributed by atoms with van der Waals surface area (Å²) in [6.45, 7) is 2.93. The molecule has 1 aromatic heterocycles. The molecule has 1 heterocycles. The fourth-order valence-corrected chi connectivity index (χ4v) is 3.25. The molecule has 0 bridgehead atoms. The van der Waals surface area contributed by atoms with E-state index in [2.05, 4.69) is 54.1 Å². The van der Waals surface area contributed by atoms with E-state index in [1.165, 1.54) is 28.4 Å². The van der Waals surface area contributed by atoms with Gasteiger partial charge in [-0.1, -0.05) is 59.8 Å². The molecule has 0 aliphatic heterocycles. The van der Waals surface area contributed by atoms with Gasteiger partial charge in [0.2, 0.25) is 0 Å². The minimum Gasteiger partial charge on any atom is -0.378 e. The molecule has 5 heteroatoms. The Labute approximate surface area is 151 Å². The standard InChI is InChI=1S/C17H17N3S.HI/c1-12-5-4-6-13(9-12)10-20-11-16(21-17(18)19)14-7-2-3-8-15(14)20;/h2-9,11H,10H2,1H3,(H3,18,19);1H. The van der Waals surface area contributed by atoms with E-state index in [-0.39, 0.29) is 29.1 Å². The van der Waals surface area contributed by atoms with Crippen molar-refractivity contribution < 1.29 is 0 Å². The van der Waals surface area contributed by atoms with Crippen molar-refractivity contribution in [3.05, 3.63) is 65.9 Å². The summed E-state index contributed by atoms with van der Waals surface area (Å²) in [5.41, 5.74) is 9.24. The van der Waals surface area contributed by atoms with Gasteiger partial charge in [-0.25, -0.2) is 0 Å². The zero-order valence-electron chi connectivity index (χ0n) is 12.2. The van der Waals surface area contributed by atoms with E-state index in [1.807, 2.05) is 12.1 Å². The molecule has 3 aromatic rings. The smallest absolute Gasteiger partial charge is 0.156 e. The summed E-state index contributed by atoms with van der Waals surface area (Å²) < 4.78 is 2.22. The van der Waals surface area contributed by atoms with Crippen molar-refractivity contribution in [3.63, 3.8) is 0 Å². The van der Waals surface area contributed by atoms with Crippen LogP contribution in [-0.2, 0) is 6.54 Å². The van der Waals surface area contributed by atoms with E-state index in [1.54, 1.807) is 0 Å². The molecule has 0 spiro atoms. The van der Waals surface area contributed by atoms with Crippen molar-refractivity contribution in [2.45, 2.75) is 18.4 Å². The first-order valence-corrected chi connectivity index (χ1v) is 7.60. The van der Waals surface area contributed by atoms with Crippen LogP contribution in [0.5, 0.6) is 0 Å². The Kier molecular flexibility index (Phi) is 5.52. The molecule has 0 aliphatic rings. The van der Waals surface area contributed by atoms with Crippen LogP contribution in [0, 0.1) is 12.3 Å². The van der Waals surface area contributed by atoms with Crippen LogP contribution in [0.4, 0.5) is 0 Å². The van der Waals surface area contributed by atoms with Crippen molar-refractivity contribution in [2.24, 2.45) is 5.73 Å². The van der Waals surface area contributed by atoms with Gasteiger partial charge in [0.15, 0.2) is 5.17 Å². The molecule has 114 valence electrons. The number of fused-ring (bicyclic) bond motifs is 1. The molecule has 3 nitrogen and oxygen atoms in total. The highest BCUT2D eigenvalue weighted by atomic mass is 127. The maximum atomic E-state index is 7.50. The minimum absolute atomic E-state index is 0. The molecular formula is C17H18IN3S. The Morgan fingerprint density at radius 1 is 1.18 bits per heavy atom. The third-order valence-electron chi connectivity index (χ3n) is 3.41. The number of aryl methyl sites for hydroxylation is 1. The van der Waals surface area contributed by atoms with Crippen molar-refractivity contribution in [1.29, 1.82) is 5.41 Å². The number of aromatic nitrogens is 1. The van der Waals surface area contributed by atoms with Crippen LogP contribution >= 0.6 is 35.7 Å². The number of benzene rings is 2. The van der Waals surface area contributed by atoms with Gasteiger partial charge in [-0.15, -0.1) is 24.0 Å². The number of nitrogens with one attached hydrogen (secondary N) is 1. The lowest BCUT2D eigenvalue weighted by Crippen LogP contribution is -2.02. The van der Waals surface area contributed by atoms with Crippen molar-refractivity contribution in [2.75, 3.05) is 0 Å². The number of rotatable bonds is 3. The van der Waals surface area contributed by atoms with E-state index < -0.39 is 0 Å². The summed E-state index contributed by atoms with van der Waals surface area (Å²) in [5.74, 6) is 0. The molecule has 3 rings (SSSR count). The third kappa shape index (κ3) is 3.64. The molecule has 0 saturated heterocycles. The number of nitrogens with two attached hydrogens (primary N) is 1. The molecule has 0 radical (unpaired) electrons. The predicted molar refractivity (Wildman–Crippen MR) is 105 cm³/mol. The number of para-hydroxylation sites is 1. The molecule has 0 atom stereocenters. The lowest BCUT2D eigenvalue weighted by molar-refractivity contribution is 0.829. The average molecular weight is 423 g/mol.